The molecule has 7 heteroatoms. The normalized spacial score (nSPS) is 22.5. The number of hydrogen-bond donors (Lipinski definition) is 1. The van der Waals surface area contributed by atoms with Gasteiger partial charge in [-0.15, -0.1) is 24.0 Å². The van der Waals surface area contributed by atoms with Crippen LogP contribution in [0.3, 0.4) is 0 Å². The number of aliphatic imine (C=N–C) groups is 1. The lowest BCUT2D eigenvalue weighted by Gasteiger charge is -2.31. The summed E-state index contributed by atoms with van der Waals surface area (Å²) in [6.07, 6.45) is 1.67. The smallest absolute Gasteiger partial charge is 0.193 e. The molecule has 6 nitrogen and oxygen atoms in total. The summed E-state index contributed by atoms with van der Waals surface area (Å²) in [7, 11) is 3.98. The number of nitrogens with one attached hydrogen (secondary N) is 1. The van der Waals surface area contributed by atoms with E-state index in [1.807, 2.05) is 37.2 Å². The first-order chi connectivity index (χ1) is 11.7. The Labute approximate surface area is 166 Å². The molecule has 0 amide bonds. The molecule has 0 bridgehead atoms. The molecule has 1 aromatic carbocycles. The lowest BCUT2D eigenvalue weighted by molar-refractivity contribution is -0.210. The molecule has 2 fully saturated rings. The third kappa shape index (κ3) is 5.80. The highest BCUT2D eigenvalue weighted by molar-refractivity contribution is 14.0. The number of benzene rings is 1. The van der Waals surface area contributed by atoms with Gasteiger partial charge < -0.3 is 24.4 Å². The minimum atomic E-state index is -0.427. The minimum absolute atomic E-state index is 0. The molecule has 2 saturated heterocycles. The van der Waals surface area contributed by atoms with Gasteiger partial charge in [-0.3, -0.25) is 0 Å². The van der Waals surface area contributed by atoms with Crippen LogP contribution in [0.4, 0.5) is 0 Å². The van der Waals surface area contributed by atoms with Gasteiger partial charge in [0.2, 0.25) is 0 Å². The topological polar surface area (TPSA) is 55.3 Å². The Morgan fingerprint density at radius 3 is 2.64 bits per heavy atom. The van der Waals surface area contributed by atoms with Gasteiger partial charge in [-0.05, 0) is 5.56 Å². The third-order valence-corrected chi connectivity index (χ3v) is 4.33. The van der Waals surface area contributed by atoms with Crippen LogP contribution >= 0.6 is 24.0 Å². The van der Waals surface area contributed by atoms with E-state index in [9.17, 15) is 0 Å². The van der Waals surface area contributed by atoms with Gasteiger partial charge in [0.25, 0.3) is 0 Å². The summed E-state index contributed by atoms with van der Waals surface area (Å²) in [4.78, 5) is 6.66. The summed E-state index contributed by atoms with van der Waals surface area (Å²) >= 11 is 0. The second-order valence-electron chi connectivity index (χ2n) is 6.47. The Kier molecular flexibility index (Phi) is 7.92. The van der Waals surface area contributed by atoms with Crippen molar-refractivity contribution in [2.75, 3.05) is 40.5 Å². The Hall–Kier alpha value is -0.900. The zero-order chi connectivity index (χ0) is 16.8. The maximum atomic E-state index is 6.14. The zero-order valence-electron chi connectivity index (χ0n) is 14.9. The van der Waals surface area contributed by atoms with Gasteiger partial charge in [0, 0.05) is 33.5 Å². The van der Waals surface area contributed by atoms with Gasteiger partial charge in [-0.2, -0.15) is 0 Å². The minimum Gasteiger partial charge on any atom is -0.381 e. The largest absolute Gasteiger partial charge is 0.381 e. The van der Waals surface area contributed by atoms with E-state index in [4.69, 9.17) is 14.2 Å². The third-order valence-electron chi connectivity index (χ3n) is 4.33. The van der Waals surface area contributed by atoms with Gasteiger partial charge in [0.05, 0.1) is 26.4 Å². The summed E-state index contributed by atoms with van der Waals surface area (Å²) in [6, 6.07) is 10.2. The second-order valence-corrected chi connectivity index (χ2v) is 6.47. The van der Waals surface area contributed by atoms with Crippen LogP contribution in [-0.2, 0) is 20.8 Å². The van der Waals surface area contributed by atoms with Crippen molar-refractivity contribution in [1.82, 2.24) is 10.2 Å². The standard InChI is InChI=1S/C18H27N3O3.HI/c1-21(2)17(19-12-15-6-4-3-5-7-15)20-13-16-14-23-18(24-16)8-10-22-11-9-18;/h3-7,16H,8-14H2,1-2H3,(H,19,20);1H. The van der Waals surface area contributed by atoms with Crippen molar-refractivity contribution in [3.8, 4) is 0 Å². The quantitative estimate of drug-likeness (QED) is 0.424. The number of hydrogen-bond acceptors (Lipinski definition) is 4. The first kappa shape index (κ1) is 20.4. The highest BCUT2D eigenvalue weighted by atomic mass is 127. The van der Waals surface area contributed by atoms with Crippen LogP contribution in [0.1, 0.15) is 18.4 Å². The molecule has 1 unspecified atom stereocenters. The summed E-state index contributed by atoms with van der Waals surface area (Å²) in [5, 5.41) is 3.39. The van der Waals surface area contributed by atoms with Crippen molar-refractivity contribution in [3.63, 3.8) is 0 Å². The average Bonchev–Trinajstić information content (AvgIpc) is 2.98. The van der Waals surface area contributed by atoms with Gasteiger partial charge in [0.1, 0.15) is 6.10 Å². The summed E-state index contributed by atoms with van der Waals surface area (Å²) < 4.78 is 17.5. The molecule has 140 valence electrons. The molecule has 3 rings (SSSR count). The van der Waals surface area contributed by atoms with Crippen LogP contribution in [0.5, 0.6) is 0 Å². The molecule has 1 atom stereocenters. The van der Waals surface area contributed by atoms with Gasteiger partial charge >= 0.3 is 0 Å². The van der Waals surface area contributed by atoms with Crippen molar-refractivity contribution >= 4 is 29.9 Å². The van der Waals surface area contributed by atoms with E-state index < -0.39 is 5.79 Å². The SMILES string of the molecule is CN(C)C(=NCc1ccccc1)NCC1COC2(CCOCC2)O1.I. The van der Waals surface area contributed by atoms with E-state index in [2.05, 4.69) is 22.4 Å². The Morgan fingerprint density at radius 2 is 1.96 bits per heavy atom. The summed E-state index contributed by atoms with van der Waals surface area (Å²) in [5.74, 6) is 0.430. The van der Waals surface area contributed by atoms with Crippen molar-refractivity contribution in [2.24, 2.45) is 4.99 Å². The number of halogens is 1. The lowest BCUT2D eigenvalue weighted by Crippen LogP contribution is -2.42. The fourth-order valence-corrected chi connectivity index (χ4v) is 2.97. The van der Waals surface area contributed by atoms with Crippen LogP contribution in [0.25, 0.3) is 0 Å². The van der Waals surface area contributed by atoms with Gasteiger partial charge in [-0.25, -0.2) is 4.99 Å². The lowest BCUT2D eigenvalue weighted by atomic mass is 10.1. The van der Waals surface area contributed by atoms with E-state index in [0.717, 1.165) is 18.8 Å². The second kappa shape index (κ2) is 9.70. The number of guanidine groups is 1. The highest BCUT2D eigenvalue weighted by Crippen LogP contribution is 2.32. The van der Waals surface area contributed by atoms with E-state index in [0.29, 0.717) is 32.9 Å². The molecule has 0 aromatic heterocycles. The molecule has 2 aliphatic heterocycles. The maximum Gasteiger partial charge on any atom is 0.193 e. The van der Waals surface area contributed by atoms with Crippen LogP contribution in [0.2, 0.25) is 0 Å². The number of rotatable bonds is 4. The van der Waals surface area contributed by atoms with Crippen molar-refractivity contribution in [3.05, 3.63) is 35.9 Å². The molecule has 25 heavy (non-hydrogen) atoms. The van der Waals surface area contributed by atoms with Crippen molar-refractivity contribution < 1.29 is 14.2 Å². The first-order valence-corrected chi connectivity index (χ1v) is 8.56. The zero-order valence-corrected chi connectivity index (χ0v) is 17.3. The van der Waals surface area contributed by atoms with Crippen molar-refractivity contribution in [2.45, 2.75) is 31.3 Å². The average molecular weight is 461 g/mol. The highest BCUT2D eigenvalue weighted by Gasteiger charge is 2.42. The monoisotopic (exact) mass is 461 g/mol. The van der Waals surface area contributed by atoms with E-state index in [1.54, 1.807) is 0 Å². The Balaban J connectivity index is 0.00000225. The predicted octanol–water partition coefficient (Wildman–Crippen LogP) is 2.23. The van der Waals surface area contributed by atoms with Crippen molar-refractivity contribution in [1.29, 1.82) is 0 Å². The van der Waals surface area contributed by atoms with Crippen LogP contribution in [0.15, 0.2) is 35.3 Å². The fraction of sp³-hybridized carbons (Fsp3) is 0.611. The van der Waals surface area contributed by atoms with Gasteiger partial charge in [-0.1, -0.05) is 30.3 Å². The molecule has 0 radical (unpaired) electrons. The van der Waals surface area contributed by atoms with E-state index >= 15 is 0 Å². The van der Waals surface area contributed by atoms with Gasteiger partial charge in [0.15, 0.2) is 11.7 Å². The molecule has 1 spiro atoms. The van der Waals surface area contributed by atoms with Crippen LogP contribution in [0, 0.1) is 0 Å². The predicted molar refractivity (Wildman–Crippen MR) is 108 cm³/mol. The molecule has 0 saturated carbocycles. The number of nitrogens with zero attached hydrogens (tertiary/aromatic N) is 2. The molecule has 2 heterocycles. The molecule has 0 aliphatic carbocycles. The molecule has 1 N–H and O–H groups in total. The molecule has 1 aromatic rings. The summed E-state index contributed by atoms with van der Waals surface area (Å²) in [5.41, 5.74) is 1.19. The van der Waals surface area contributed by atoms with Crippen LogP contribution < -0.4 is 5.32 Å². The Bertz CT molecular complexity index is 548. The number of ether oxygens (including phenoxy) is 3. The van der Waals surface area contributed by atoms with E-state index in [1.165, 1.54) is 5.56 Å². The summed E-state index contributed by atoms with van der Waals surface area (Å²) in [6.45, 7) is 3.38. The first-order valence-electron chi connectivity index (χ1n) is 8.56. The van der Waals surface area contributed by atoms with Crippen LogP contribution in [-0.4, -0.2) is 63.2 Å². The molecule has 2 aliphatic rings. The Morgan fingerprint density at radius 1 is 1.24 bits per heavy atom. The maximum absolute atomic E-state index is 6.14. The molecular formula is C18H28IN3O3. The van der Waals surface area contributed by atoms with E-state index in [-0.39, 0.29) is 30.1 Å². The molecular weight excluding hydrogens is 433 g/mol. The fourth-order valence-electron chi connectivity index (χ4n) is 2.97.